The van der Waals surface area contributed by atoms with Gasteiger partial charge in [-0.05, 0) is 36.3 Å². The monoisotopic (exact) mass is 300 g/mol. The van der Waals surface area contributed by atoms with Gasteiger partial charge in [-0.2, -0.15) is 0 Å². The molecule has 0 amide bonds. The molecule has 1 heterocycles. The van der Waals surface area contributed by atoms with Gasteiger partial charge in [-0.1, -0.05) is 51.0 Å². The maximum atomic E-state index is 2.77. The van der Waals surface area contributed by atoms with E-state index >= 15 is 0 Å². The quantitative estimate of drug-likeness (QED) is 0.831. The van der Waals surface area contributed by atoms with E-state index in [4.69, 9.17) is 0 Å². The minimum Gasteiger partial charge on any atom is -0.298 e. The van der Waals surface area contributed by atoms with Crippen LogP contribution in [0.1, 0.15) is 50.7 Å². The van der Waals surface area contributed by atoms with Crippen molar-refractivity contribution in [3.8, 4) is 0 Å². The molecule has 0 bridgehead atoms. The van der Waals surface area contributed by atoms with E-state index in [1.165, 1.54) is 63.0 Å². The topological polar surface area (TPSA) is 6.48 Å². The Morgan fingerprint density at radius 1 is 0.955 bits per heavy atom. The molecule has 1 aromatic carbocycles. The summed E-state index contributed by atoms with van der Waals surface area (Å²) in [7, 11) is 0. The molecule has 2 nitrogen and oxygen atoms in total. The Morgan fingerprint density at radius 2 is 1.64 bits per heavy atom. The van der Waals surface area contributed by atoms with Crippen molar-refractivity contribution in [3.63, 3.8) is 0 Å². The largest absolute Gasteiger partial charge is 0.298 e. The Balaban J connectivity index is 1.46. The lowest BCUT2D eigenvalue weighted by Gasteiger charge is -2.42. The summed E-state index contributed by atoms with van der Waals surface area (Å²) in [6.07, 6.45) is 6.89. The van der Waals surface area contributed by atoms with Gasteiger partial charge in [0.05, 0.1) is 0 Å². The SMILES string of the molecule is CCc1ccc(CN2CCN(C3CCCC(C)C3)CC2)cc1. The Morgan fingerprint density at radius 3 is 2.27 bits per heavy atom. The zero-order valence-electron chi connectivity index (χ0n) is 14.4. The van der Waals surface area contributed by atoms with Crippen LogP contribution < -0.4 is 0 Å². The van der Waals surface area contributed by atoms with Gasteiger partial charge in [0.1, 0.15) is 0 Å². The van der Waals surface area contributed by atoms with Gasteiger partial charge in [0.2, 0.25) is 0 Å². The lowest BCUT2D eigenvalue weighted by atomic mass is 9.86. The minimum atomic E-state index is 0.870. The summed E-state index contributed by atoms with van der Waals surface area (Å²) in [5, 5.41) is 0. The van der Waals surface area contributed by atoms with Crippen LogP contribution in [-0.4, -0.2) is 42.0 Å². The average molecular weight is 300 g/mol. The molecule has 1 saturated heterocycles. The number of aryl methyl sites for hydroxylation is 1. The lowest BCUT2D eigenvalue weighted by Crippen LogP contribution is -2.50. The Bertz CT molecular complexity index is 445. The predicted molar refractivity (Wildman–Crippen MR) is 94.1 cm³/mol. The molecule has 2 aliphatic rings. The van der Waals surface area contributed by atoms with E-state index in [1.807, 2.05) is 0 Å². The van der Waals surface area contributed by atoms with Crippen molar-refractivity contribution in [2.75, 3.05) is 26.2 Å². The second-order valence-corrected chi connectivity index (χ2v) is 7.41. The first-order valence-electron chi connectivity index (χ1n) is 9.29. The van der Waals surface area contributed by atoms with E-state index in [-0.39, 0.29) is 0 Å². The lowest BCUT2D eigenvalue weighted by molar-refractivity contribution is 0.0659. The Kier molecular flexibility index (Phi) is 5.54. The van der Waals surface area contributed by atoms with E-state index < -0.39 is 0 Å². The molecule has 2 fully saturated rings. The minimum absolute atomic E-state index is 0.870. The van der Waals surface area contributed by atoms with Crippen LogP contribution in [0.25, 0.3) is 0 Å². The van der Waals surface area contributed by atoms with Crippen LogP contribution in [0.3, 0.4) is 0 Å². The summed E-state index contributed by atoms with van der Waals surface area (Å²) in [6, 6.07) is 10.1. The molecule has 1 saturated carbocycles. The van der Waals surface area contributed by atoms with Gasteiger partial charge in [-0.15, -0.1) is 0 Å². The summed E-state index contributed by atoms with van der Waals surface area (Å²) in [5.41, 5.74) is 2.91. The van der Waals surface area contributed by atoms with Gasteiger partial charge >= 0.3 is 0 Å². The molecule has 2 unspecified atom stereocenters. The first kappa shape index (κ1) is 16.0. The average Bonchev–Trinajstić information content (AvgIpc) is 2.56. The van der Waals surface area contributed by atoms with E-state index in [0.29, 0.717) is 0 Å². The van der Waals surface area contributed by atoms with Gasteiger partial charge < -0.3 is 0 Å². The van der Waals surface area contributed by atoms with Gasteiger partial charge in [0.15, 0.2) is 0 Å². The van der Waals surface area contributed by atoms with E-state index in [0.717, 1.165) is 24.9 Å². The molecule has 1 aromatic rings. The van der Waals surface area contributed by atoms with Crippen molar-refractivity contribution in [1.29, 1.82) is 0 Å². The van der Waals surface area contributed by atoms with Crippen molar-refractivity contribution in [3.05, 3.63) is 35.4 Å². The van der Waals surface area contributed by atoms with Gasteiger partial charge in [0.25, 0.3) is 0 Å². The molecule has 2 heteroatoms. The molecular formula is C20H32N2. The Hall–Kier alpha value is -0.860. The van der Waals surface area contributed by atoms with Crippen LogP contribution in [0.5, 0.6) is 0 Å². The molecular weight excluding hydrogens is 268 g/mol. The fraction of sp³-hybridized carbons (Fsp3) is 0.700. The van der Waals surface area contributed by atoms with Gasteiger partial charge in [-0.25, -0.2) is 0 Å². The van der Waals surface area contributed by atoms with Crippen molar-refractivity contribution in [2.45, 2.75) is 58.5 Å². The highest BCUT2D eigenvalue weighted by atomic mass is 15.3. The van der Waals surface area contributed by atoms with Crippen LogP contribution in [-0.2, 0) is 13.0 Å². The molecule has 0 aromatic heterocycles. The fourth-order valence-electron chi connectivity index (χ4n) is 4.16. The van der Waals surface area contributed by atoms with Crippen LogP contribution in [0, 0.1) is 5.92 Å². The number of benzene rings is 1. The van der Waals surface area contributed by atoms with Crippen LogP contribution >= 0.6 is 0 Å². The van der Waals surface area contributed by atoms with Crippen LogP contribution in [0.4, 0.5) is 0 Å². The Labute approximate surface area is 136 Å². The number of hydrogen-bond donors (Lipinski definition) is 0. The summed E-state index contributed by atoms with van der Waals surface area (Å²) < 4.78 is 0. The molecule has 0 spiro atoms. The maximum Gasteiger partial charge on any atom is 0.0234 e. The first-order chi connectivity index (χ1) is 10.7. The third kappa shape index (κ3) is 4.11. The highest BCUT2D eigenvalue weighted by Crippen LogP contribution is 2.28. The normalized spacial score (nSPS) is 27.9. The summed E-state index contributed by atoms with van der Waals surface area (Å²) in [4.78, 5) is 5.40. The standard InChI is InChI=1S/C20H32N2/c1-3-18-7-9-19(10-8-18)16-21-11-13-22(14-12-21)20-6-4-5-17(2)15-20/h7-10,17,20H,3-6,11-16H2,1-2H3. The number of nitrogens with zero attached hydrogens (tertiary/aromatic N) is 2. The molecule has 0 radical (unpaired) electrons. The number of rotatable bonds is 4. The molecule has 0 N–H and O–H groups in total. The van der Waals surface area contributed by atoms with Crippen LogP contribution in [0.2, 0.25) is 0 Å². The zero-order chi connectivity index (χ0) is 15.4. The van der Waals surface area contributed by atoms with Crippen molar-refractivity contribution < 1.29 is 0 Å². The highest BCUT2D eigenvalue weighted by Gasteiger charge is 2.27. The zero-order valence-corrected chi connectivity index (χ0v) is 14.4. The highest BCUT2D eigenvalue weighted by molar-refractivity contribution is 5.22. The van der Waals surface area contributed by atoms with Gasteiger partial charge in [0, 0.05) is 38.8 Å². The smallest absolute Gasteiger partial charge is 0.0234 e. The van der Waals surface area contributed by atoms with E-state index in [2.05, 4.69) is 47.9 Å². The molecule has 1 aliphatic carbocycles. The third-order valence-electron chi connectivity index (χ3n) is 5.67. The maximum absolute atomic E-state index is 2.77. The number of hydrogen-bond acceptors (Lipinski definition) is 2. The summed E-state index contributed by atoms with van der Waals surface area (Å²) in [5.74, 6) is 0.939. The van der Waals surface area contributed by atoms with Crippen LogP contribution in [0.15, 0.2) is 24.3 Å². The molecule has 22 heavy (non-hydrogen) atoms. The van der Waals surface area contributed by atoms with E-state index in [1.54, 1.807) is 0 Å². The van der Waals surface area contributed by atoms with E-state index in [9.17, 15) is 0 Å². The van der Waals surface area contributed by atoms with Crippen molar-refractivity contribution in [1.82, 2.24) is 9.80 Å². The summed E-state index contributed by atoms with van der Waals surface area (Å²) >= 11 is 0. The molecule has 2 atom stereocenters. The predicted octanol–water partition coefficient (Wildman–Crippen LogP) is 3.95. The second-order valence-electron chi connectivity index (χ2n) is 7.41. The van der Waals surface area contributed by atoms with Gasteiger partial charge in [-0.3, -0.25) is 9.80 Å². The first-order valence-corrected chi connectivity index (χ1v) is 9.29. The molecule has 1 aliphatic heterocycles. The fourth-order valence-corrected chi connectivity index (χ4v) is 4.16. The summed E-state index contributed by atoms with van der Waals surface area (Å²) in [6.45, 7) is 10.8. The molecule has 122 valence electrons. The second kappa shape index (κ2) is 7.61. The number of piperazine rings is 1. The van der Waals surface area contributed by atoms with Crippen molar-refractivity contribution >= 4 is 0 Å². The third-order valence-corrected chi connectivity index (χ3v) is 5.67. The van der Waals surface area contributed by atoms with Crippen molar-refractivity contribution in [2.24, 2.45) is 5.92 Å². The molecule has 3 rings (SSSR count).